The minimum absolute atomic E-state index is 0.0114. The number of methoxy groups -OCH3 is 1. The lowest BCUT2D eigenvalue weighted by molar-refractivity contribution is 0.0393. The summed E-state index contributed by atoms with van der Waals surface area (Å²) >= 11 is 0. The van der Waals surface area contributed by atoms with Gasteiger partial charge in [0.1, 0.15) is 5.76 Å². The van der Waals surface area contributed by atoms with Crippen LogP contribution in [-0.2, 0) is 14.2 Å². The van der Waals surface area contributed by atoms with Crippen LogP contribution in [0.4, 0.5) is 13.2 Å². The van der Waals surface area contributed by atoms with Crippen LogP contribution in [0, 0.1) is 11.6 Å². The third kappa shape index (κ3) is 6.76. The van der Waals surface area contributed by atoms with Gasteiger partial charge in [-0.25, -0.2) is 13.2 Å². The summed E-state index contributed by atoms with van der Waals surface area (Å²) in [6.07, 6.45) is 7.79. The zero-order chi connectivity index (χ0) is 24.7. The maximum atomic E-state index is 15.0. The first-order valence-electron chi connectivity index (χ1n) is 12.3. The molecule has 0 N–H and O–H groups in total. The molecule has 2 fully saturated rings. The van der Waals surface area contributed by atoms with Crippen molar-refractivity contribution >= 4 is 0 Å². The standard InChI is InChI=1S/C28H37F3O3/c1-5-33-19(3)26(29)16-18(2)17-34-23-12-8-21(9-13-23)25-15-14-24(27(30)28(25)31)20-6-10-22(32-4)11-7-20/h14-16,20-23H,2-3,5-13,17H2,1,4H3/b26-16+. The number of hydrogen-bond acceptors (Lipinski definition) is 3. The maximum absolute atomic E-state index is 15.0. The second kappa shape index (κ2) is 12.6. The van der Waals surface area contributed by atoms with E-state index >= 15 is 4.39 Å². The van der Waals surface area contributed by atoms with Crippen LogP contribution >= 0.6 is 0 Å². The van der Waals surface area contributed by atoms with E-state index in [-0.39, 0.29) is 36.4 Å². The molecule has 1 aromatic carbocycles. The largest absolute Gasteiger partial charge is 0.491 e. The summed E-state index contributed by atoms with van der Waals surface area (Å²) in [6, 6.07) is 3.57. The summed E-state index contributed by atoms with van der Waals surface area (Å²) < 4.78 is 60.3. The molecule has 2 aliphatic rings. The van der Waals surface area contributed by atoms with Gasteiger partial charge in [0.25, 0.3) is 0 Å². The molecule has 2 aliphatic carbocycles. The smallest absolute Gasteiger partial charge is 0.164 e. The zero-order valence-corrected chi connectivity index (χ0v) is 20.4. The van der Waals surface area contributed by atoms with Crippen LogP contribution < -0.4 is 0 Å². The van der Waals surface area contributed by atoms with Gasteiger partial charge < -0.3 is 14.2 Å². The fourth-order valence-electron chi connectivity index (χ4n) is 5.13. The molecule has 0 unspecified atom stereocenters. The van der Waals surface area contributed by atoms with Gasteiger partial charge in [-0.3, -0.25) is 0 Å². The lowest BCUT2D eigenvalue weighted by Crippen LogP contribution is -2.23. The molecule has 0 amide bonds. The number of halogens is 3. The van der Waals surface area contributed by atoms with Crippen molar-refractivity contribution in [1.82, 2.24) is 0 Å². The molecule has 3 rings (SSSR count). The van der Waals surface area contributed by atoms with E-state index in [9.17, 15) is 8.78 Å². The normalized spacial score (nSPS) is 25.7. The molecule has 0 radical (unpaired) electrons. The van der Waals surface area contributed by atoms with Gasteiger partial charge in [-0.2, -0.15) is 0 Å². The molecular formula is C28H37F3O3. The highest BCUT2D eigenvalue weighted by Crippen LogP contribution is 2.40. The van der Waals surface area contributed by atoms with Gasteiger partial charge in [0.15, 0.2) is 17.5 Å². The molecule has 0 atom stereocenters. The maximum Gasteiger partial charge on any atom is 0.164 e. The summed E-state index contributed by atoms with van der Waals surface area (Å²) in [5.74, 6) is -1.94. The highest BCUT2D eigenvalue weighted by molar-refractivity contribution is 5.32. The van der Waals surface area contributed by atoms with Gasteiger partial charge in [0, 0.05) is 7.11 Å². The fraction of sp³-hybridized carbons (Fsp3) is 0.571. The van der Waals surface area contributed by atoms with Crippen molar-refractivity contribution in [3.8, 4) is 0 Å². The van der Waals surface area contributed by atoms with Crippen molar-refractivity contribution in [2.45, 2.75) is 82.3 Å². The van der Waals surface area contributed by atoms with Gasteiger partial charge in [-0.1, -0.05) is 25.3 Å². The van der Waals surface area contributed by atoms with E-state index in [1.165, 1.54) is 6.08 Å². The first kappa shape index (κ1) is 26.6. The molecule has 0 heterocycles. The van der Waals surface area contributed by atoms with E-state index < -0.39 is 17.5 Å². The fourth-order valence-corrected chi connectivity index (χ4v) is 5.13. The summed E-state index contributed by atoms with van der Waals surface area (Å²) in [5, 5.41) is 0. The SMILES string of the molecule is C=C(/C=C(/F)C(=C)OCC)COC1CCC(c2ccc(C3CCC(OC)CC3)c(F)c2F)CC1. The Hall–Kier alpha value is -2.05. The van der Waals surface area contributed by atoms with Gasteiger partial charge in [-0.05, 0) is 92.9 Å². The minimum atomic E-state index is -0.695. The average molecular weight is 479 g/mol. The first-order chi connectivity index (χ1) is 16.3. The molecule has 3 nitrogen and oxygen atoms in total. The quantitative estimate of drug-likeness (QED) is 0.255. The Bertz CT molecular complexity index is 879. The average Bonchev–Trinajstić information content (AvgIpc) is 2.85. The van der Waals surface area contributed by atoms with Crippen molar-refractivity contribution in [3.05, 3.63) is 71.3 Å². The monoisotopic (exact) mass is 478 g/mol. The Morgan fingerprint density at radius 2 is 1.41 bits per heavy atom. The minimum Gasteiger partial charge on any atom is -0.491 e. The number of ether oxygens (including phenoxy) is 3. The van der Waals surface area contributed by atoms with Crippen molar-refractivity contribution in [2.75, 3.05) is 20.3 Å². The van der Waals surface area contributed by atoms with E-state index in [0.717, 1.165) is 51.4 Å². The highest BCUT2D eigenvalue weighted by atomic mass is 19.2. The summed E-state index contributed by atoms with van der Waals surface area (Å²) in [5.41, 5.74) is 1.46. The van der Waals surface area contributed by atoms with Gasteiger partial charge in [0.05, 0.1) is 25.4 Å². The van der Waals surface area contributed by atoms with E-state index in [2.05, 4.69) is 13.2 Å². The van der Waals surface area contributed by atoms with Crippen molar-refractivity contribution in [1.29, 1.82) is 0 Å². The van der Waals surface area contributed by atoms with E-state index in [1.807, 2.05) is 0 Å². The first-order valence-corrected chi connectivity index (χ1v) is 12.3. The molecule has 34 heavy (non-hydrogen) atoms. The van der Waals surface area contributed by atoms with Crippen molar-refractivity contribution < 1.29 is 27.4 Å². The Kier molecular flexibility index (Phi) is 9.84. The summed E-state index contributed by atoms with van der Waals surface area (Å²) in [6.45, 7) is 9.65. The third-order valence-corrected chi connectivity index (χ3v) is 7.12. The molecule has 6 heteroatoms. The third-order valence-electron chi connectivity index (χ3n) is 7.12. The lowest BCUT2D eigenvalue weighted by Gasteiger charge is -2.30. The van der Waals surface area contributed by atoms with Crippen LogP contribution in [0.1, 0.15) is 81.3 Å². The lowest BCUT2D eigenvalue weighted by atomic mass is 9.79. The zero-order valence-electron chi connectivity index (χ0n) is 20.4. The topological polar surface area (TPSA) is 27.7 Å². The second-order valence-electron chi connectivity index (χ2n) is 9.37. The Labute approximate surface area is 201 Å². The van der Waals surface area contributed by atoms with E-state index in [0.29, 0.717) is 23.3 Å². The molecule has 0 aliphatic heterocycles. The van der Waals surface area contributed by atoms with Gasteiger partial charge >= 0.3 is 0 Å². The number of allylic oxidation sites excluding steroid dienone is 1. The van der Waals surface area contributed by atoms with Crippen LogP contribution in [0.15, 0.2) is 48.5 Å². The molecule has 0 aromatic heterocycles. The molecular weight excluding hydrogens is 441 g/mol. The van der Waals surface area contributed by atoms with Gasteiger partial charge in [-0.15, -0.1) is 0 Å². The summed E-state index contributed by atoms with van der Waals surface area (Å²) in [7, 11) is 1.70. The number of benzene rings is 1. The van der Waals surface area contributed by atoms with Crippen molar-refractivity contribution in [3.63, 3.8) is 0 Å². The molecule has 188 valence electrons. The molecule has 0 spiro atoms. The van der Waals surface area contributed by atoms with E-state index in [1.54, 1.807) is 26.2 Å². The van der Waals surface area contributed by atoms with Crippen molar-refractivity contribution in [2.24, 2.45) is 0 Å². The predicted octanol–water partition coefficient (Wildman–Crippen LogP) is 7.64. The van der Waals surface area contributed by atoms with Crippen LogP contribution in [-0.4, -0.2) is 32.5 Å². The summed E-state index contributed by atoms with van der Waals surface area (Å²) in [4.78, 5) is 0. The van der Waals surface area contributed by atoms with Crippen LogP contribution in [0.5, 0.6) is 0 Å². The highest BCUT2D eigenvalue weighted by Gasteiger charge is 2.30. The molecule has 1 aromatic rings. The predicted molar refractivity (Wildman–Crippen MR) is 128 cm³/mol. The number of rotatable bonds is 10. The number of hydrogen-bond donors (Lipinski definition) is 0. The van der Waals surface area contributed by atoms with Gasteiger partial charge in [0.2, 0.25) is 0 Å². The van der Waals surface area contributed by atoms with Crippen LogP contribution in [0.25, 0.3) is 0 Å². The second-order valence-corrected chi connectivity index (χ2v) is 9.37. The molecule has 0 saturated heterocycles. The van der Waals surface area contributed by atoms with E-state index in [4.69, 9.17) is 14.2 Å². The van der Waals surface area contributed by atoms with Crippen LogP contribution in [0.2, 0.25) is 0 Å². The Morgan fingerprint density at radius 1 is 0.912 bits per heavy atom. The van der Waals surface area contributed by atoms with Crippen LogP contribution in [0.3, 0.4) is 0 Å². The Balaban J connectivity index is 1.51. The molecule has 2 saturated carbocycles. The molecule has 0 bridgehead atoms. The Morgan fingerprint density at radius 3 is 1.88 bits per heavy atom.